The smallest absolute Gasteiger partial charge is 0.224 e. The summed E-state index contributed by atoms with van der Waals surface area (Å²) in [6.45, 7) is 6.84. The summed E-state index contributed by atoms with van der Waals surface area (Å²) in [7, 11) is 2.07. The van der Waals surface area contributed by atoms with E-state index in [0.29, 0.717) is 0 Å². The molecule has 1 fully saturated rings. The second-order valence-corrected chi connectivity index (χ2v) is 4.25. The summed E-state index contributed by atoms with van der Waals surface area (Å²) in [5.74, 6) is 0.449. The third-order valence-corrected chi connectivity index (χ3v) is 2.84. The number of nitrogens with zero attached hydrogens (tertiary/aromatic N) is 1. The van der Waals surface area contributed by atoms with E-state index >= 15 is 0 Å². The lowest BCUT2D eigenvalue weighted by molar-refractivity contribution is -0.124. The molecule has 15 heavy (non-hydrogen) atoms. The maximum Gasteiger partial charge on any atom is 0.224 e. The van der Waals surface area contributed by atoms with Gasteiger partial charge in [0.25, 0.3) is 0 Å². The van der Waals surface area contributed by atoms with Crippen LogP contribution in [-0.4, -0.2) is 50.6 Å². The molecule has 1 rings (SSSR count). The normalized spacial score (nSPS) is 21.9. The van der Waals surface area contributed by atoms with Gasteiger partial charge in [0, 0.05) is 13.1 Å². The number of rotatable bonds is 6. The molecule has 1 aliphatic rings. The van der Waals surface area contributed by atoms with Crippen molar-refractivity contribution in [1.82, 2.24) is 15.5 Å². The largest absolute Gasteiger partial charge is 0.356 e. The number of carbonyl (C=O) groups is 1. The number of hydrogen-bond acceptors (Lipinski definition) is 3. The van der Waals surface area contributed by atoms with E-state index in [1.165, 1.54) is 0 Å². The minimum atomic E-state index is 0.217. The van der Waals surface area contributed by atoms with Gasteiger partial charge >= 0.3 is 0 Å². The zero-order valence-electron chi connectivity index (χ0n) is 9.88. The van der Waals surface area contributed by atoms with Crippen molar-refractivity contribution in [2.45, 2.75) is 19.8 Å². The molecule has 4 heteroatoms. The Balaban J connectivity index is 2.03. The molecular formula is C11H23N3O. The number of hydrogen-bond donors (Lipinski definition) is 2. The van der Waals surface area contributed by atoms with E-state index in [9.17, 15) is 4.79 Å². The van der Waals surface area contributed by atoms with Crippen molar-refractivity contribution in [3.63, 3.8) is 0 Å². The lowest BCUT2D eigenvalue weighted by Gasteiger charge is -2.11. The molecule has 0 aromatic heterocycles. The van der Waals surface area contributed by atoms with Gasteiger partial charge in [-0.2, -0.15) is 0 Å². The van der Waals surface area contributed by atoms with Crippen molar-refractivity contribution in [2.24, 2.45) is 5.92 Å². The van der Waals surface area contributed by atoms with E-state index in [-0.39, 0.29) is 11.8 Å². The van der Waals surface area contributed by atoms with Crippen LogP contribution >= 0.6 is 0 Å². The molecule has 0 aromatic rings. The van der Waals surface area contributed by atoms with Crippen LogP contribution in [0.3, 0.4) is 0 Å². The molecule has 1 atom stereocenters. The first-order valence-electron chi connectivity index (χ1n) is 5.91. The van der Waals surface area contributed by atoms with E-state index in [0.717, 1.165) is 45.6 Å². The molecule has 0 aliphatic carbocycles. The molecule has 0 saturated carbocycles. The average molecular weight is 213 g/mol. The van der Waals surface area contributed by atoms with Crippen LogP contribution in [0, 0.1) is 5.92 Å². The van der Waals surface area contributed by atoms with Crippen LogP contribution in [0.1, 0.15) is 19.8 Å². The van der Waals surface area contributed by atoms with Gasteiger partial charge < -0.3 is 15.5 Å². The Morgan fingerprint density at radius 1 is 1.47 bits per heavy atom. The third-order valence-electron chi connectivity index (χ3n) is 2.84. The predicted molar refractivity (Wildman–Crippen MR) is 61.8 cm³/mol. The maximum absolute atomic E-state index is 11.7. The van der Waals surface area contributed by atoms with Gasteiger partial charge in [0.2, 0.25) is 5.91 Å². The van der Waals surface area contributed by atoms with Crippen LogP contribution in [0.5, 0.6) is 0 Å². The van der Waals surface area contributed by atoms with Crippen molar-refractivity contribution in [1.29, 1.82) is 0 Å². The number of carbonyl (C=O) groups excluding carboxylic acids is 1. The number of amides is 1. The van der Waals surface area contributed by atoms with Gasteiger partial charge in [-0.1, -0.05) is 6.92 Å². The fourth-order valence-corrected chi connectivity index (χ4v) is 1.90. The zero-order valence-corrected chi connectivity index (χ0v) is 9.88. The molecule has 1 amide bonds. The van der Waals surface area contributed by atoms with Crippen LogP contribution in [0.4, 0.5) is 0 Å². The molecule has 1 aliphatic heterocycles. The summed E-state index contributed by atoms with van der Waals surface area (Å²) in [4.78, 5) is 13.9. The minimum absolute atomic E-state index is 0.217. The van der Waals surface area contributed by atoms with Gasteiger partial charge in [0.1, 0.15) is 0 Å². The van der Waals surface area contributed by atoms with E-state index < -0.39 is 0 Å². The molecular weight excluding hydrogens is 190 g/mol. The van der Waals surface area contributed by atoms with Gasteiger partial charge in [-0.3, -0.25) is 4.79 Å². The highest BCUT2D eigenvalue weighted by Crippen LogP contribution is 2.13. The van der Waals surface area contributed by atoms with Gasteiger partial charge in [-0.25, -0.2) is 0 Å². The van der Waals surface area contributed by atoms with Gasteiger partial charge in [0.15, 0.2) is 0 Å². The van der Waals surface area contributed by atoms with Crippen molar-refractivity contribution in [3.8, 4) is 0 Å². The van der Waals surface area contributed by atoms with Gasteiger partial charge in [0.05, 0.1) is 5.92 Å². The monoisotopic (exact) mass is 213 g/mol. The Bertz CT molecular complexity index is 196. The van der Waals surface area contributed by atoms with E-state index in [2.05, 4.69) is 29.5 Å². The Hall–Kier alpha value is -0.610. The van der Waals surface area contributed by atoms with Crippen LogP contribution < -0.4 is 10.6 Å². The number of nitrogens with one attached hydrogen (secondary N) is 2. The highest BCUT2D eigenvalue weighted by Gasteiger charge is 2.25. The molecule has 0 aromatic carbocycles. The highest BCUT2D eigenvalue weighted by molar-refractivity contribution is 5.79. The molecule has 2 N–H and O–H groups in total. The molecule has 1 saturated heterocycles. The van der Waals surface area contributed by atoms with Crippen LogP contribution in [0.25, 0.3) is 0 Å². The van der Waals surface area contributed by atoms with E-state index in [4.69, 9.17) is 0 Å². The minimum Gasteiger partial charge on any atom is -0.356 e. The molecule has 88 valence electrons. The summed E-state index contributed by atoms with van der Waals surface area (Å²) in [6, 6.07) is 0. The molecule has 0 bridgehead atoms. The standard InChI is InChI=1S/C11H23N3O/c1-3-12-6-4-7-13-11(15)10-5-8-14(2)9-10/h10,12H,3-9H2,1-2H3,(H,13,15). The van der Waals surface area contributed by atoms with Gasteiger partial charge in [-0.05, 0) is 39.5 Å². The van der Waals surface area contributed by atoms with Crippen molar-refractivity contribution in [3.05, 3.63) is 0 Å². The molecule has 1 heterocycles. The van der Waals surface area contributed by atoms with Crippen molar-refractivity contribution >= 4 is 5.91 Å². The first-order valence-corrected chi connectivity index (χ1v) is 5.91. The second kappa shape index (κ2) is 6.80. The summed E-state index contributed by atoms with van der Waals surface area (Å²) < 4.78 is 0. The summed E-state index contributed by atoms with van der Waals surface area (Å²) in [6.07, 6.45) is 2.03. The first kappa shape index (κ1) is 12.5. The van der Waals surface area contributed by atoms with E-state index in [1.807, 2.05) is 0 Å². The Morgan fingerprint density at radius 3 is 2.87 bits per heavy atom. The Labute approximate surface area is 92.4 Å². The number of likely N-dealkylation sites (tertiary alicyclic amines) is 1. The van der Waals surface area contributed by atoms with Gasteiger partial charge in [-0.15, -0.1) is 0 Å². The Morgan fingerprint density at radius 2 is 2.27 bits per heavy atom. The first-order chi connectivity index (χ1) is 7.24. The van der Waals surface area contributed by atoms with Crippen LogP contribution in [0.2, 0.25) is 0 Å². The van der Waals surface area contributed by atoms with Crippen molar-refractivity contribution in [2.75, 3.05) is 39.8 Å². The Kier molecular flexibility index (Phi) is 5.65. The summed E-state index contributed by atoms with van der Waals surface area (Å²) >= 11 is 0. The molecule has 1 unspecified atom stereocenters. The highest BCUT2D eigenvalue weighted by atomic mass is 16.1. The quantitative estimate of drug-likeness (QED) is 0.613. The molecule has 4 nitrogen and oxygen atoms in total. The fourth-order valence-electron chi connectivity index (χ4n) is 1.90. The van der Waals surface area contributed by atoms with Crippen LogP contribution in [0.15, 0.2) is 0 Å². The zero-order chi connectivity index (χ0) is 11.1. The molecule has 0 radical (unpaired) electrons. The maximum atomic E-state index is 11.7. The second-order valence-electron chi connectivity index (χ2n) is 4.25. The average Bonchev–Trinajstić information content (AvgIpc) is 2.64. The summed E-state index contributed by atoms with van der Waals surface area (Å²) in [5.41, 5.74) is 0. The van der Waals surface area contributed by atoms with Crippen LogP contribution in [-0.2, 0) is 4.79 Å². The third kappa shape index (κ3) is 4.62. The topological polar surface area (TPSA) is 44.4 Å². The van der Waals surface area contributed by atoms with Crippen molar-refractivity contribution < 1.29 is 4.79 Å². The predicted octanol–water partition coefficient (Wildman–Crippen LogP) is 0.0539. The fraction of sp³-hybridized carbons (Fsp3) is 0.909. The lowest BCUT2D eigenvalue weighted by Crippen LogP contribution is -2.33. The lowest BCUT2D eigenvalue weighted by atomic mass is 10.1. The molecule has 0 spiro atoms. The van der Waals surface area contributed by atoms with E-state index in [1.54, 1.807) is 0 Å². The summed E-state index contributed by atoms with van der Waals surface area (Å²) in [5, 5.41) is 6.24. The SMILES string of the molecule is CCNCCCNC(=O)C1CCN(C)C1.